The number of hydrogen-bond acceptors (Lipinski definition) is 2. The lowest BCUT2D eigenvalue weighted by Crippen LogP contribution is -2.13. The highest BCUT2D eigenvalue weighted by atomic mass is 14.9. The first kappa shape index (κ1) is 7.77. The monoisotopic (exact) mass is 146 g/mol. The van der Waals surface area contributed by atoms with E-state index in [-0.39, 0.29) is 6.04 Å². The SMILES string of the molecule is C#CC(NC)c1ccncc1. The van der Waals surface area contributed by atoms with E-state index in [0.29, 0.717) is 0 Å². The van der Waals surface area contributed by atoms with Crippen LogP contribution in [0, 0.1) is 12.3 Å². The quantitative estimate of drug-likeness (QED) is 0.629. The lowest BCUT2D eigenvalue weighted by molar-refractivity contribution is 0.735. The van der Waals surface area contributed by atoms with Crippen LogP contribution in [-0.2, 0) is 0 Å². The second kappa shape index (κ2) is 3.75. The van der Waals surface area contributed by atoms with Gasteiger partial charge in [0.05, 0.1) is 6.04 Å². The number of terminal acetylenes is 1. The summed E-state index contributed by atoms with van der Waals surface area (Å²) in [6.07, 6.45) is 8.75. The molecule has 0 radical (unpaired) electrons. The van der Waals surface area contributed by atoms with E-state index in [2.05, 4.69) is 16.2 Å². The zero-order valence-corrected chi connectivity index (χ0v) is 6.41. The van der Waals surface area contributed by atoms with Crippen molar-refractivity contribution in [2.75, 3.05) is 7.05 Å². The van der Waals surface area contributed by atoms with Crippen molar-refractivity contribution in [3.05, 3.63) is 30.1 Å². The third-order valence-corrected chi connectivity index (χ3v) is 1.49. The minimum atomic E-state index is -0.00185. The van der Waals surface area contributed by atoms with E-state index < -0.39 is 0 Å². The largest absolute Gasteiger partial charge is 0.303 e. The maximum absolute atomic E-state index is 5.28. The predicted octanol–water partition coefficient (Wildman–Crippen LogP) is 0.975. The fourth-order valence-electron chi connectivity index (χ4n) is 0.902. The van der Waals surface area contributed by atoms with Gasteiger partial charge >= 0.3 is 0 Å². The first-order valence-corrected chi connectivity index (χ1v) is 3.42. The third kappa shape index (κ3) is 1.79. The molecule has 0 aliphatic rings. The van der Waals surface area contributed by atoms with Crippen LogP contribution < -0.4 is 5.32 Å². The van der Waals surface area contributed by atoms with Gasteiger partial charge in [-0.3, -0.25) is 4.98 Å². The van der Waals surface area contributed by atoms with E-state index in [1.54, 1.807) is 12.4 Å². The van der Waals surface area contributed by atoms with Crippen LogP contribution in [0.2, 0.25) is 0 Å². The molecule has 1 heterocycles. The number of aromatic nitrogens is 1. The Morgan fingerprint density at radius 1 is 1.55 bits per heavy atom. The van der Waals surface area contributed by atoms with Crippen molar-refractivity contribution in [2.24, 2.45) is 0 Å². The zero-order chi connectivity index (χ0) is 8.10. The van der Waals surface area contributed by atoms with Gasteiger partial charge < -0.3 is 5.32 Å². The Labute approximate surface area is 66.7 Å². The first-order valence-electron chi connectivity index (χ1n) is 3.42. The highest BCUT2D eigenvalue weighted by Gasteiger charge is 2.02. The number of pyridine rings is 1. The molecule has 2 heteroatoms. The Kier molecular flexibility index (Phi) is 2.65. The summed E-state index contributed by atoms with van der Waals surface area (Å²) in [6, 6.07) is 3.81. The molecule has 2 nitrogen and oxygen atoms in total. The van der Waals surface area contributed by atoms with Crippen LogP contribution in [0.4, 0.5) is 0 Å². The van der Waals surface area contributed by atoms with Crippen LogP contribution in [0.1, 0.15) is 11.6 Å². The molecule has 1 N–H and O–H groups in total. The van der Waals surface area contributed by atoms with Gasteiger partial charge in [0.1, 0.15) is 0 Å². The van der Waals surface area contributed by atoms with Crippen molar-refractivity contribution in [2.45, 2.75) is 6.04 Å². The van der Waals surface area contributed by atoms with Crippen molar-refractivity contribution >= 4 is 0 Å². The van der Waals surface area contributed by atoms with Crippen molar-refractivity contribution in [3.8, 4) is 12.3 Å². The average Bonchev–Trinajstić information content (AvgIpc) is 2.09. The van der Waals surface area contributed by atoms with Gasteiger partial charge in [0.15, 0.2) is 0 Å². The number of nitrogens with zero attached hydrogens (tertiary/aromatic N) is 1. The van der Waals surface area contributed by atoms with Gasteiger partial charge in [-0.15, -0.1) is 6.42 Å². The third-order valence-electron chi connectivity index (χ3n) is 1.49. The second-order valence-corrected chi connectivity index (χ2v) is 2.17. The standard InChI is InChI=1S/C9H10N2/c1-3-9(10-2)8-4-6-11-7-5-8/h1,4-7,9-10H,2H3. The molecular formula is C9H10N2. The van der Waals surface area contributed by atoms with Gasteiger partial charge in [-0.25, -0.2) is 0 Å². The van der Waals surface area contributed by atoms with Gasteiger partial charge in [-0.2, -0.15) is 0 Å². The Hall–Kier alpha value is -1.33. The molecule has 56 valence electrons. The minimum Gasteiger partial charge on any atom is -0.303 e. The van der Waals surface area contributed by atoms with Gasteiger partial charge in [0.25, 0.3) is 0 Å². The number of hydrogen-bond donors (Lipinski definition) is 1. The van der Waals surface area contributed by atoms with Gasteiger partial charge in [-0.05, 0) is 24.7 Å². The van der Waals surface area contributed by atoms with E-state index in [1.165, 1.54) is 0 Å². The van der Waals surface area contributed by atoms with E-state index >= 15 is 0 Å². The van der Waals surface area contributed by atoms with Crippen LogP contribution in [-0.4, -0.2) is 12.0 Å². The normalized spacial score (nSPS) is 12.0. The van der Waals surface area contributed by atoms with Crippen LogP contribution in [0.15, 0.2) is 24.5 Å². The highest BCUT2D eigenvalue weighted by Crippen LogP contribution is 2.08. The zero-order valence-electron chi connectivity index (χ0n) is 6.41. The second-order valence-electron chi connectivity index (χ2n) is 2.17. The first-order chi connectivity index (χ1) is 5.38. The molecule has 0 aliphatic carbocycles. The molecular weight excluding hydrogens is 136 g/mol. The molecule has 1 aromatic rings. The molecule has 1 rings (SSSR count). The lowest BCUT2D eigenvalue weighted by Gasteiger charge is -2.07. The minimum absolute atomic E-state index is 0.00185. The predicted molar refractivity (Wildman–Crippen MR) is 44.9 cm³/mol. The molecule has 0 aromatic carbocycles. The van der Waals surface area contributed by atoms with E-state index in [1.807, 2.05) is 19.2 Å². The molecule has 11 heavy (non-hydrogen) atoms. The highest BCUT2D eigenvalue weighted by molar-refractivity contribution is 5.22. The molecule has 0 spiro atoms. The Morgan fingerprint density at radius 2 is 2.18 bits per heavy atom. The molecule has 1 aromatic heterocycles. The van der Waals surface area contributed by atoms with Crippen LogP contribution in [0.25, 0.3) is 0 Å². The van der Waals surface area contributed by atoms with Crippen LogP contribution in [0.3, 0.4) is 0 Å². The maximum Gasteiger partial charge on any atom is 0.0941 e. The molecule has 0 amide bonds. The lowest BCUT2D eigenvalue weighted by atomic mass is 10.1. The smallest absolute Gasteiger partial charge is 0.0941 e. The van der Waals surface area contributed by atoms with Crippen molar-refractivity contribution in [1.29, 1.82) is 0 Å². The maximum atomic E-state index is 5.28. The summed E-state index contributed by atoms with van der Waals surface area (Å²) in [5.74, 6) is 2.63. The average molecular weight is 146 g/mol. The van der Waals surface area contributed by atoms with Crippen molar-refractivity contribution < 1.29 is 0 Å². The molecule has 1 unspecified atom stereocenters. The van der Waals surface area contributed by atoms with E-state index in [0.717, 1.165) is 5.56 Å². The number of nitrogens with one attached hydrogen (secondary N) is 1. The molecule has 0 fully saturated rings. The summed E-state index contributed by atoms with van der Waals surface area (Å²) in [4.78, 5) is 3.90. The summed E-state index contributed by atoms with van der Waals surface area (Å²) in [5, 5.41) is 3.00. The summed E-state index contributed by atoms with van der Waals surface area (Å²) >= 11 is 0. The summed E-state index contributed by atoms with van der Waals surface area (Å²) in [6.45, 7) is 0. The van der Waals surface area contributed by atoms with Gasteiger partial charge in [0, 0.05) is 12.4 Å². The Balaban J connectivity index is 2.85. The molecule has 0 saturated heterocycles. The van der Waals surface area contributed by atoms with Crippen LogP contribution in [0.5, 0.6) is 0 Å². The summed E-state index contributed by atoms with van der Waals surface area (Å²) < 4.78 is 0. The van der Waals surface area contributed by atoms with E-state index in [9.17, 15) is 0 Å². The number of rotatable bonds is 2. The van der Waals surface area contributed by atoms with Gasteiger partial charge in [-0.1, -0.05) is 5.92 Å². The molecule has 0 bridgehead atoms. The van der Waals surface area contributed by atoms with Crippen molar-refractivity contribution in [3.63, 3.8) is 0 Å². The fraction of sp³-hybridized carbons (Fsp3) is 0.222. The topological polar surface area (TPSA) is 24.9 Å². The van der Waals surface area contributed by atoms with Crippen LogP contribution >= 0.6 is 0 Å². The van der Waals surface area contributed by atoms with Crippen molar-refractivity contribution in [1.82, 2.24) is 10.3 Å². The molecule has 1 atom stereocenters. The van der Waals surface area contributed by atoms with E-state index in [4.69, 9.17) is 6.42 Å². The molecule has 0 saturated carbocycles. The molecule has 0 aliphatic heterocycles. The summed E-state index contributed by atoms with van der Waals surface area (Å²) in [5.41, 5.74) is 1.07. The fourth-order valence-corrected chi connectivity index (χ4v) is 0.902. The summed E-state index contributed by atoms with van der Waals surface area (Å²) in [7, 11) is 1.84. The Morgan fingerprint density at radius 3 is 2.64 bits per heavy atom. The Bertz CT molecular complexity index is 248. The van der Waals surface area contributed by atoms with Gasteiger partial charge in [0.2, 0.25) is 0 Å².